The average molecular weight is 345 g/mol. The highest BCUT2D eigenvalue weighted by atomic mass is 32.1. The summed E-state index contributed by atoms with van der Waals surface area (Å²) in [5.74, 6) is 0.700. The van der Waals surface area contributed by atoms with Crippen molar-refractivity contribution in [1.82, 2.24) is 5.32 Å². The molecule has 0 radical (unpaired) electrons. The molecule has 0 aliphatic carbocycles. The van der Waals surface area contributed by atoms with Crippen LogP contribution in [-0.4, -0.2) is 24.8 Å². The standard InChI is InChI=1S/C19H23NO3S/c1-13-5-4-6-16(11-13)23-10-9-20-19(22)8-7-18(21)17-12-14(2)24-15(17)3/h4-6,11-12H,7-10H2,1-3H3,(H,20,22). The summed E-state index contributed by atoms with van der Waals surface area (Å²) in [5, 5.41) is 2.78. The number of ether oxygens (including phenoxy) is 1. The number of benzene rings is 1. The van der Waals surface area contributed by atoms with Crippen molar-refractivity contribution in [2.45, 2.75) is 33.6 Å². The second-order valence-electron chi connectivity index (χ2n) is 5.77. The van der Waals surface area contributed by atoms with Crippen molar-refractivity contribution < 1.29 is 14.3 Å². The lowest BCUT2D eigenvalue weighted by Gasteiger charge is -2.08. The quantitative estimate of drug-likeness (QED) is 0.584. The van der Waals surface area contributed by atoms with Crippen molar-refractivity contribution in [3.05, 3.63) is 51.2 Å². The van der Waals surface area contributed by atoms with Gasteiger partial charge in [0, 0.05) is 28.2 Å². The number of nitrogens with one attached hydrogen (secondary N) is 1. The maximum Gasteiger partial charge on any atom is 0.220 e. The smallest absolute Gasteiger partial charge is 0.220 e. The fourth-order valence-corrected chi connectivity index (χ4v) is 3.36. The van der Waals surface area contributed by atoms with Crippen molar-refractivity contribution in [2.75, 3.05) is 13.2 Å². The minimum atomic E-state index is -0.124. The first-order valence-corrected chi connectivity index (χ1v) is 8.84. The number of Topliss-reactive ketones (excluding diaryl/α,β-unsaturated/α-hetero) is 1. The molecule has 1 aromatic carbocycles. The van der Waals surface area contributed by atoms with E-state index in [2.05, 4.69) is 5.32 Å². The van der Waals surface area contributed by atoms with Crippen LogP contribution in [0.3, 0.4) is 0 Å². The van der Waals surface area contributed by atoms with Crippen molar-refractivity contribution in [2.24, 2.45) is 0 Å². The van der Waals surface area contributed by atoms with Crippen molar-refractivity contribution >= 4 is 23.0 Å². The Morgan fingerprint density at radius 2 is 1.92 bits per heavy atom. The van der Waals surface area contributed by atoms with Crippen molar-refractivity contribution in [1.29, 1.82) is 0 Å². The summed E-state index contributed by atoms with van der Waals surface area (Å²) in [6, 6.07) is 9.67. The number of carbonyl (C=O) groups excluding carboxylic acids is 2. The normalized spacial score (nSPS) is 10.5. The van der Waals surface area contributed by atoms with E-state index < -0.39 is 0 Å². The molecule has 1 aromatic heterocycles. The second kappa shape index (κ2) is 8.64. The summed E-state index contributed by atoms with van der Waals surface area (Å²) in [6.07, 6.45) is 0.444. The number of aryl methyl sites for hydroxylation is 3. The summed E-state index contributed by atoms with van der Waals surface area (Å²) in [6.45, 7) is 6.76. The summed E-state index contributed by atoms with van der Waals surface area (Å²) >= 11 is 1.61. The minimum Gasteiger partial charge on any atom is -0.492 e. The van der Waals surface area contributed by atoms with Gasteiger partial charge in [-0.25, -0.2) is 0 Å². The molecule has 1 amide bonds. The Labute approximate surface area is 146 Å². The molecule has 0 bridgehead atoms. The van der Waals surface area contributed by atoms with E-state index in [-0.39, 0.29) is 24.5 Å². The summed E-state index contributed by atoms with van der Waals surface area (Å²) in [4.78, 5) is 26.1. The Balaban J connectivity index is 1.66. The highest BCUT2D eigenvalue weighted by Crippen LogP contribution is 2.22. The molecule has 5 heteroatoms. The molecule has 0 unspecified atom stereocenters. The zero-order valence-electron chi connectivity index (χ0n) is 14.3. The molecule has 0 saturated heterocycles. The fourth-order valence-electron chi connectivity index (χ4n) is 2.42. The first kappa shape index (κ1) is 18.2. The Kier molecular flexibility index (Phi) is 6.55. The van der Waals surface area contributed by atoms with E-state index in [1.807, 2.05) is 51.1 Å². The highest BCUT2D eigenvalue weighted by Gasteiger charge is 2.13. The Bertz CT molecular complexity index is 721. The van der Waals surface area contributed by atoms with Gasteiger partial charge < -0.3 is 10.1 Å². The molecular weight excluding hydrogens is 322 g/mol. The lowest BCUT2D eigenvalue weighted by atomic mass is 10.1. The third-order valence-electron chi connectivity index (χ3n) is 3.60. The van der Waals surface area contributed by atoms with E-state index >= 15 is 0 Å². The third-order valence-corrected chi connectivity index (χ3v) is 4.57. The summed E-state index contributed by atoms with van der Waals surface area (Å²) in [5.41, 5.74) is 1.88. The Morgan fingerprint density at radius 3 is 2.58 bits per heavy atom. The van der Waals surface area contributed by atoms with Gasteiger partial charge in [0.05, 0.1) is 6.54 Å². The van der Waals surface area contributed by atoms with Crippen LogP contribution in [0.1, 0.15) is 38.5 Å². The zero-order chi connectivity index (χ0) is 17.5. The average Bonchev–Trinajstić information content (AvgIpc) is 2.88. The maximum atomic E-state index is 12.1. The summed E-state index contributed by atoms with van der Waals surface area (Å²) in [7, 11) is 0. The van der Waals surface area contributed by atoms with Crippen LogP contribution in [0, 0.1) is 20.8 Å². The van der Waals surface area contributed by atoms with Crippen LogP contribution >= 0.6 is 11.3 Å². The van der Waals surface area contributed by atoms with Crippen molar-refractivity contribution in [3.63, 3.8) is 0 Å². The lowest BCUT2D eigenvalue weighted by molar-refractivity contribution is -0.121. The van der Waals surface area contributed by atoms with Gasteiger partial charge in [-0.05, 0) is 44.5 Å². The van der Waals surface area contributed by atoms with Gasteiger partial charge in [0.15, 0.2) is 5.78 Å². The van der Waals surface area contributed by atoms with E-state index in [4.69, 9.17) is 4.74 Å². The van der Waals surface area contributed by atoms with Gasteiger partial charge in [0.1, 0.15) is 12.4 Å². The van der Waals surface area contributed by atoms with E-state index in [0.717, 1.165) is 26.6 Å². The van der Waals surface area contributed by atoms with E-state index in [0.29, 0.717) is 13.2 Å². The van der Waals surface area contributed by atoms with Crippen LogP contribution in [0.2, 0.25) is 0 Å². The summed E-state index contributed by atoms with van der Waals surface area (Å²) < 4.78 is 5.57. The van der Waals surface area contributed by atoms with Crippen LogP contribution in [-0.2, 0) is 4.79 Å². The lowest BCUT2D eigenvalue weighted by Crippen LogP contribution is -2.28. The monoisotopic (exact) mass is 345 g/mol. The third kappa shape index (κ3) is 5.49. The molecule has 0 aliphatic heterocycles. The Morgan fingerprint density at radius 1 is 1.12 bits per heavy atom. The minimum absolute atomic E-state index is 0.0306. The number of carbonyl (C=O) groups is 2. The Hall–Kier alpha value is -2.14. The fraction of sp³-hybridized carbons (Fsp3) is 0.368. The maximum absolute atomic E-state index is 12.1. The van der Waals surface area contributed by atoms with E-state index in [1.165, 1.54) is 0 Å². The molecule has 128 valence electrons. The van der Waals surface area contributed by atoms with Crippen LogP contribution in [0.25, 0.3) is 0 Å². The van der Waals surface area contributed by atoms with Gasteiger partial charge in [-0.15, -0.1) is 11.3 Å². The van der Waals surface area contributed by atoms with E-state index in [1.54, 1.807) is 11.3 Å². The predicted molar refractivity (Wildman–Crippen MR) is 97.0 cm³/mol. The molecule has 24 heavy (non-hydrogen) atoms. The molecule has 0 spiro atoms. The number of amides is 1. The number of ketones is 1. The van der Waals surface area contributed by atoms with Crippen LogP contribution in [0.15, 0.2) is 30.3 Å². The number of rotatable bonds is 8. The highest BCUT2D eigenvalue weighted by molar-refractivity contribution is 7.12. The number of hydrogen-bond donors (Lipinski definition) is 1. The second-order valence-corrected chi connectivity index (χ2v) is 7.23. The molecule has 0 fully saturated rings. The zero-order valence-corrected chi connectivity index (χ0v) is 15.2. The topological polar surface area (TPSA) is 55.4 Å². The van der Waals surface area contributed by atoms with Crippen molar-refractivity contribution in [3.8, 4) is 5.75 Å². The molecular formula is C19H23NO3S. The molecule has 1 heterocycles. The van der Waals surface area contributed by atoms with Crippen LogP contribution in [0.5, 0.6) is 5.75 Å². The molecule has 2 rings (SSSR count). The van der Waals surface area contributed by atoms with Gasteiger partial charge in [0.25, 0.3) is 0 Å². The predicted octanol–water partition coefficient (Wildman–Crippen LogP) is 3.83. The van der Waals surface area contributed by atoms with Gasteiger partial charge in [-0.3, -0.25) is 9.59 Å². The molecule has 1 N–H and O–H groups in total. The first-order valence-electron chi connectivity index (χ1n) is 8.02. The molecule has 2 aromatic rings. The van der Waals surface area contributed by atoms with Gasteiger partial charge in [0.2, 0.25) is 5.91 Å². The number of hydrogen-bond acceptors (Lipinski definition) is 4. The largest absolute Gasteiger partial charge is 0.492 e. The van der Waals surface area contributed by atoms with Gasteiger partial charge in [-0.2, -0.15) is 0 Å². The number of thiophene rings is 1. The molecule has 0 aliphatic rings. The first-order chi connectivity index (χ1) is 11.5. The van der Waals surface area contributed by atoms with E-state index in [9.17, 15) is 9.59 Å². The SMILES string of the molecule is Cc1cccc(OCCNC(=O)CCC(=O)c2cc(C)sc2C)c1. The molecule has 4 nitrogen and oxygen atoms in total. The van der Waals surface area contributed by atoms with Gasteiger partial charge in [-0.1, -0.05) is 12.1 Å². The van der Waals surface area contributed by atoms with Crippen LogP contribution in [0.4, 0.5) is 0 Å². The molecule has 0 atom stereocenters. The van der Waals surface area contributed by atoms with Crippen LogP contribution < -0.4 is 10.1 Å². The van der Waals surface area contributed by atoms with Gasteiger partial charge >= 0.3 is 0 Å². The molecule has 0 saturated carbocycles.